The Balaban J connectivity index is 1.91. The van der Waals surface area contributed by atoms with Crippen LogP contribution in [0.1, 0.15) is 36.3 Å². The minimum Gasteiger partial charge on any atom is -0.460 e. The summed E-state index contributed by atoms with van der Waals surface area (Å²) in [6.45, 7) is 8.99. The van der Waals surface area contributed by atoms with Crippen molar-refractivity contribution in [1.82, 2.24) is 4.98 Å². The lowest BCUT2D eigenvalue weighted by Gasteiger charge is -2.34. The van der Waals surface area contributed by atoms with Crippen LogP contribution in [0, 0.1) is 13.8 Å². The fourth-order valence-electron chi connectivity index (χ4n) is 5.49. The topological polar surface area (TPSA) is 26.0 Å². The highest BCUT2D eigenvalue weighted by atomic mass is 16.3. The normalized spacial score (nSPS) is 14.7. The van der Waals surface area contributed by atoms with E-state index in [9.17, 15) is 0 Å². The lowest BCUT2D eigenvalue weighted by molar-refractivity contribution is 0.548. The van der Waals surface area contributed by atoms with Gasteiger partial charge in [-0.15, -0.1) is 0 Å². The summed E-state index contributed by atoms with van der Waals surface area (Å²) in [5.41, 5.74) is 8.10. The molecule has 6 rings (SSSR count). The standard InChI is InChI=1S/C26H21NO/c1-14-17-10-6-5-9-16(17)13-19-22(14)26(3,4)23-15(2)28-25-18-11-7-8-12-20(18)27-24(19)21(23)25/h5-13H,1-4H3. The fourth-order valence-corrected chi connectivity index (χ4v) is 5.49. The molecule has 1 aliphatic rings. The van der Waals surface area contributed by atoms with E-state index in [4.69, 9.17) is 9.40 Å². The number of fused-ring (bicyclic) bond motifs is 5. The number of aryl methyl sites for hydroxylation is 2. The van der Waals surface area contributed by atoms with Crippen molar-refractivity contribution < 1.29 is 4.42 Å². The van der Waals surface area contributed by atoms with E-state index in [1.807, 2.05) is 6.07 Å². The molecule has 2 heterocycles. The summed E-state index contributed by atoms with van der Waals surface area (Å²) in [4.78, 5) is 5.14. The molecule has 5 aromatic rings. The zero-order valence-corrected chi connectivity index (χ0v) is 16.6. The van der Waals surface area contributed by atoms with E-state index >= 15 is 0 Å². The van der Waals surface area contributed by atoms with Gasteiger partial charge in [-0.2, -0.15) is 0 Å². The molecule has 2 nitrogen and oxygen atoms in total. The molecule has 0 amide bonds. The van der Waals surface area contributed by atoms with Crippen LogP contribution in [0.4, 0.5) is 0 Å². The van der Waals surface area contributed by atoms with E-state index in [-0.39, 0.29) is 5.41 Å². The van der Waals surface area contributed by atoms with Crippen LogP contribution in [0.2, 0.25) is 0 Å². The van der Waals surface area contributed by atoms with Gasteiger partial charge in [-0.25, -0.2) is 4.98 Å². The number of hydrogen-bond acceptors (Lipinski definition) is 2. The maximum Gasteiger partial charge on any atom is 0.146 e. The molecule has 136 valence electrons. The molecule has 1 aliphatic carbocycles. The fraction of sp³-hybridized carbons (Fsp3) is 0.192. The Hall–Kier alpha value is -3.13. The van der Waals surface area contributed by atoms with Crippen LogP contribution in [-0.4, -0.2) is 4.98 Å². The van der Waals surface area contributed by atoms with Gasteiger partial charge in [0.2, 0.25) is 0 Å². The lowest BCUT2D eigenvalue weighted by atomic mass is 9.68. The summed E-state index contributed by atoms with van der Waals surface area (Å²) in [5.74, 6) is 0.998. The van der Waals surface area contributed by atoms with E-state index < -0.39 is 0 Å². The molecule has 0 fully saturated rings. The lowest BCUT2D eigenvalue weighted by Crippen LogP contribution is -2.25. The van der Waals surface area contributed by atoms with Crippen molar-refractivity contribution >= 4 is 32.6 Å². The quantitative estimate of drug-likeness (QED) is 0.294. The van der Waals surface area contributed by atoms with Crippen LogP contribution in [0.25, 0.3) is 43.9 Å². The van der Waals surface area contributed by atoms with Gasteiger partial charge in [-0.05, 0) is 53.9 Å². The molecule has 0 bridgehead atoms. The summed E-state index contributed by atoms with van der Waals surface area (Å²) in [7, 11) is 0. The largest absolute Gasteiger partial charge is 0.460 e. The minimum atomic E-state index is -0.143. The Morgan fingerprint density at radius 1 is 0.857 bits per heavy atom. The van der Waals surface area contributed by atoms with Gasteiger partial charge in [0.15, 0.2) is 0 Å². The zero-order chi connectivity index (χ0) is 19.2. The number of nitrogens with zero attached hydrogens (tertiary/aromatic N) is 1. The minimum absolute atomic E-state index is 0.143. The molecule has 2 aromatic heterocycles. The molecule has 0 saturated heterocycles. The number of furan rings is 1. The van der Waals surface area contributed by atoms with Crippen LogP contribution in [-0.2, 0) is 5.41 Å². The molecular weight excluding hydrogens is 342 g/mol. The predicted molar refractivity (Wildman–Crippen MR) is 116 cm³/mol. The maximum absolute atomic E-state index is 6.39. The second kappa shape index (κ2) is 5.02. The highest BCUT2D eigenvalue weighted by Crippen LogP contribution is 2.53. The van der Waals surface area contributed by atoms with Gasteiger partial charge >= 0.3 is 0 Å². The van der Waals surface area contributed by atoms with Gasteiger partial charge < -0.3 is 4.42 Å². The van der Waals surface area contributed by atoms with Crippen LogP contribution >= 0.6 is 0 Å². The third-order valence-corrected chi connectivity index (χ3v) is 6.52. The first-order valence-corrected chi connectivity index (χ1v) is 9.84. The third kappa shape index (κ3) is 1.76. The number of aromatic nitrogens is 1. The molecule has 0 atom stereocenters. The van der Waals surface area contributed by atoms with Crippen molar-refractivity contribution in [1.29, 1.82) is 0 Å². The molecule has 2 heteroatoms. The number of benzene rings is 3. The molecule has 0 unspecified atom stereocenters. The molecule has 28 heavy (non-hydrogen) atoms. The molecule has 0 spiro atoms. The first-order chi connectivity index (χ1) is 13.5. The van der Waals surface area contributed by atoms with Crippen molar-refractivity contribution in [3.63, 3.8) is 0 Å². The monoisotopic (exact) mass is 363 g/mol. The van der Waals surface area contributed by atoms with E-state index in [1.54, 1.807) is 0 Å². The van der Waals surface area contributed by atoms with Gasteiger partial charge in [-0.3, -0.25) is 0 Å². The average molecular weight is 363 g/mol. The summed E-state index contributed by atoms with van der Waals surface area (Å²) in [5, 5.41) is 4.85. The predicted octanol–water partition coefficient (Wildman–Crippen LogP) is 7.06. The van der Waals surface area contributed by atoms with E-state index in [0.717, 1.165) is 27.9 Å². The Morgan fingerprint density at radius 2 is 1.57 bits per heavy atom. The smallest absolute Gasteiger partial charge is 0.146 e. The molecule has 0 saturated carbocycles. The van der Waals surface area contributed by atoms with Gasteiger partial charge in [0.1, 0.15) is 11.3 Å². The van der Waals surface area contributed by atoms with E-state index in [2.05, 4.69) is 76.2 Å². The van der Waals surface area contributed by atoms with Gasteiger partial charge in [0.25, 0.3) is 0 Å². The van der Waals surface area contributed by atoms with Crippen molar-refractivity contribution in [2.24, 2.45) is 0 Å². The van der Waals surface area contributed by atoms with Crippen LogP contribution in [0.5, 0.6) is 0 Å². The molecule has 3 aromatic carbocycles. The maximum atomic E-state index is 6.39. The first kappa shape index (κ1) is 15.9. The summed E-state index contributed by atoms with van der Waals surface area (Å²) >= 11 is 0. The second-order valence-corrected chi connectivity index (χ2v) is 8.49. The van der Waals surface area contributed by atoms with Crippen LogP contribution in [0.15, 0.2) is 59.0 Å². The summed E-state index contributed by atoms with van der Waals surface area (Å²) < 4.78 is 6.39. The molecular formula is C26H21NO. The van der Waals surface area contributed by atoms with Crippen LogP contribution < -0.4 is 0 Å². The molecule has 0 N–H and O–H groups in total. The number of hydrogen-bond donors (Lipinski definition) is 0. The molecule has 0 aliphatic heterocycles. The Labute approximate surface area is 163 Å². The van der Waals surface area contributed by atoms with E-state index in [1.165, 1.54) is 38.4 Å². The van der Waals surface area contributed by atoms with Crippen LogP contribution in [0.3, 0.4) is 0 Å². The van der Waals surface area contributed by atoms with Crippen molar-refractivity contribution in [3.05, 3.63) is 77.0 Å². The highest BCUT2D eigenvalue weighted by Gasteiger charge is 2.39. The number of pyridine rings is 1. The average Bonchev–Trinajstić information content (AvgIpc) is 3.04. The number of rotatable bonds is 0. The van der Waals surface area contributed by atoms with Crippen molar-refractivity contribution in [2.45, 2.75) is 33.1 Å². The summed E-state index contributed by atoms with van der Waals surface area (Å²) in [6.07, 6.45) is 0. The van der Waals surface area contributed by atoms with Crippen molar-refractivity contribution in [2.75, 3.05) is 0 Å². The van der Waals surface area contributed by atoms with Gasteiger partial charge in [0, 0.05) is 21.9 Å². The second-order valence-electron chi connectivity index (χ2n) is 8.49. The highest BCUT2D eigenvalue weighted by molar-refractivity contribution is 6.13. The Bertz CT molecular complexity index is 1450. The van der Waals surface area contributed by atoms with E-state index in [0.29, 0.717) is 0 Å². The number of para-hydroxylation sites is 1. The van der Waals surface area contributed by atoms with Gasteiger partial charge in [-0.1, -0.05) is 50.2 Å². The van der Waals surface area contributed by atoms with Gasteiger partial charge in [0.05, 0.1) is 16.6 Å². The Kier molecular flexibility index (Phi) is 2.85. The SMILES string of the molecule is Cc1oc2c3c(nc4ccccc42)-c2cc4ccccc4c(C)c2C(C)(C)c13. The van der Waals surface area contributed by atoms with Crippen molar-refractivity contribution in [3.8, 4) is 11.3 Å². The zero-order valence-electron chi connectivity index (χ0n) is 16.6. The molecule has 0 radical (unpaired) electrons. The Morgan fingerprint density at radius 3 is 2.39 bits per heavy atom. The first-order valence-electron chi connectivity index (χ1n) is 9.84. The third-order valence-electron chi connectivity index (χ3n) is 6.52. The summed E-state index contributed by atoms with van der Waals surface area (Å²) in [6, 6.07) is 19.3.